The molecular formula is C23H23N3O6. The molecule has 0 fully saturated rings. The number of aromatic nitrogens is 2. The molecule has 1 heterocycles. The summed E-state index contributed by atoms with van der Waals surface area (Å²) in [7, 11) is 0. The summed E-state index contributed by atoms with van der Waals surface area (Å²) in [5.41, 5.74) is 2.89. The lowest BCUT2D eigenvalue weighted by molar-refractivity contribution is 0.0127. The number of rotatable bonds is 7. The van der Waals surface area contributed by atoms with Crippen molar-refractivity contribution in [2.24, 2.45) is 0 Å². The van der Waals surface area contributed by atoms with Gasteiger partial charge in [-0.25, -0.2) is 4.79 Å². The van der Waals surface area contributed by atoms with Crippen molar-refractivity contribution < 1.29 is 19.7 Å². The van der Waals surface area contributed by atoms with E-state index in [-0.39, 0.29) is 31.1 Å². The predicted molar refractivity (Wildman–Crippen MR) is 116 cm³/mol. The molecule has 3 aromatic rings. The Kier molecular flexibility index (Phi) is 6.20. The van der Waals surface area contributed by atoms with E-state index in [2.05, 4.69) is 15.5 Å². The zero-order valence-electron chi connectivity index (χ0n) is 17.1. The maximum absolute atomic E-state index is 12.2. The van der Waals surface area contributed by atoms with Gasteiger partial charge in [0, 0.05) is 18.5 Å². The highest BCUT2D eigenvalue weighted by molar-refractivity contribution is 5.79. The molecule has 0 radical (unpaired) electrons. The molecule has 5 N–H and O–H groups in total. The molecule has 2 aromatic carbocycles. The van der Waals surface area contributed by atoms with Gasteiger partial charge in [0.15, 0.2) is 0 Å². The van der Waals surface area contributed by atoms with Crippen LogP contribution in [0.5, 0.6) is 0 Å². The second-order valence-electron chi connectivity index (χ2n) is 7.60. The number of nitrogens with one attached hydrogen (secondary N) is 3. The second kappa shape index (κ2) is 9.21. The van der Waals surface area contributed by atoms with Crippen LogP contribution in [0.2, 0.25) is 0 Å². The van der Waals surface area contributed by atoms with Crippen LogP contribution in [0.1, 0.15) is 35.1 Å². The number of alkyl carbamates (subject to hydrolysis) is 1. The fraction of sp³-hybridized carbons (Fsp3) is 0.261. The third kappa shape index (κ3) is 4.34. The van der Waals surface area contributed by atoms with Crippen molar-refractivity contribution in [1.82, 2.24) is 15.5 Å². The van der Waals surface area contributed by atoms with Crippen LogP contribution < -0.4 is 16.4 Å². The number of aliphatic hydroxyl groups is 2. The summed E-state index contributed by atoms with van der Waals surface area (Å²) in [5, 5.41) is 26.9. The van der Waals surface area contributed by atoms with Gasteiger partial charge in [0.25, 0.3) is 11.1 Å². The number of hydrogen-bond acceptors (Lipinski definition) is 6. The molecular weight excluding hydrogens is 414 g/mol. The first-order chi connectivity index (χ1) is 15.5. The molecule has 0 aliphatic heterocycles. The lowest BCUT2D eigenvalue weighted by atomic mass is 9.98. The molecule has 32 heavy (non-hydrogen) atoms. The van der Waals surface area contributed by atoms with E-state index in [1.807, 2.05) is 48.5 Å². The minimum absolute atomic E-state index is 0.00992. The Labute approximate surface area is 182 Å². The second-order valence-corrected chi connectivity index (χ2v) is 7.60. The first-order valence-corrected chi connectivity index (χ1v) is 10.2. The van der Waals surface area contributed by atoms with Crippen LogP contribution in [0.3, 0.4) is 0 Å². The van der Waals surface area contributed by atoms with E-state index in [9.17, 15) is 24.6 Å². The molecule has 9 nitrogen and oxygen atoms in total. The van der Waals surface area contributed by atoms with Crippen molar-refractivity contribution in [3.05, 3.63) is 92.0 Å². The molecule has 0 bridgehead atoms. The van der Waals surface area contributed by atoms with Crippen LogP contribution in [0.25, 0.3) is 11.1 Å². The average Bonchev–Trinajstić information content (AvgIpc) is 3.12. The van der Waals surface area contributed by atoms with Crippen LogP contribution in [0.4, 0.5) is 4.79 Å². The van der Waals surface area contributed by atoms with Crippen molar-refractivity contribution in [1.29, 1.82) is 0 Å². The van der Waals surface area contributed by atoms with E-state index in [4.69, 9.17) is 4.74 Å². The van der Waals surface area contributed by atoms with Crippen molar-refractivity contribution in [3.8, 4) is 11.1 Å². The predicted octanol–water partition coefficient (Wildman–Crippen LogP) is 1.39. The van der Waals surface area contributed by atoms with E-state index in [1.54, 1.807) is 0 Å². The molecule has 1 aliphatic carbocycles. The summed E-state index contributed by atoms with van der Waals surface area (Å²) in [6.07, 6.45) is -3.61. The normalized spacial score (nSPS) is 14.3. The van der Waals surface area contributed by atoms with Gasteiger partial charge >= 0.3 is 6.09 Å². The van der Waals surface area contributed by atoms with Gasteiger partial charge in [-0.15, -0.1) is 0 Å². The van der Waals surface area contributed by atoms with E-state index < -0.39 is 29.4 Å². The van der Waals surface area contributed by atoms with E-state index in [0.29, 0.717) is 0 Å². The molecule has 0 saturated heterocycles. The van der Waals surface area contributed by atoms with E-state index in [1.165, 1.54) is 0 Å². The molecule has 0 saturated carbocycles. The SMILES string of the molecule is O=C(NCCC(O)C(O)c1cc(=O)[nH][nH]c1=O)OCC1c2ccccc2-c2ccccc21. The smallest absolute Gasteiger partial charge is 0.407 e. The van der Waals surface area contributed by atoms with Gasteiger partial charge in [-0.05, 0) is 28.7 Å². The number of aromatic amines is 2. The third-order valence-electron chi connectivity index (χ3n) is 5.58. The maximum atomic E-state index is 12.2. The molecule has 1 aromatic heterocycles. The van der Waals surface area contributed by atoms with Gasteiger partial charge in [0.05, 0.1) is 11.7 Å². The van der Waals surface area contributed by atoms with Crippen LogP contribution in [-0.2, 0) is 4.74 Å². The van der Waals surface area contributed by atoms with Gasteiger partial charge < -0.3 is 20.3 Å². The van der Waals surface area contributed by atoms with Gasteiger partial charge in [0.2, 0.25) is 0 Å². The molecule has 4 rings (SSSR count). The molecule has 2 atom stereocenters. The maximum Gasteiger partial charge on any atom is 0.407 e. The topological polar surface area (TPSA) is 145 Å². The summed E-state index contributed by atoms with van der Waals surface area (Å²) in [4.78, 5) is 35.2. The fourth-order valence-corrected chi connectivity index (χ4v) is 3.99. The molecule has 2 unspecified atom stereocenters. The number of H-pyrrole nitrogens is 2. The highest BCUT2D eigenvalue weighted by atomic mass is 16.5. The van der Waals surface area contributed by atoms with Crippen molar-refractivity contribution in [3.63, 3.8) is 0 Å². The molecule has 0 spiro atoms. The highest BCUT2D eigenvalue weighted by Gasteiger charge is 2.29. The number of carbonyl (C=O) groups is 1. The number of aliphatic hydroxyl groups excluding tert-OH is 2. The zero-order valence-corrected chi connectivity index (χ0v) is 17.1. The number of hydrogen-bond donors (Lipinski definition) is 5. The summed E-state index contributed by atoms with van der Waals surface area (Å²) < 4.78 is 5.41. The van der Waals surface area contributed by atoms with Crippen LogP contribution in [0, 0.1) is 0 Å². The summed E-state index contributed by atoms with van der Waals surface area (Å²) in [6.45, 7) is 0.170. The Morgan fingerprint density at radius 1 is 1.00 bits per heavy atom. The minimum atomic E-state index is -1.56. The van der Waals surface area contributed by atoms with Crippen LogP contribution in [0.15, 0.2) is 64.2 Å². The van der Waals surface area contributed by atoms with Crippen molar-refractivity contribution in [2.45, 2.75) is 24.5 Å². The number of ether oxygens (including phenoxy) is 1. The summed E-state index contributed by atoms with van der Waals surface area (Å²) >= 11 is 0. The monoisotopic (exact) mass is 437 g/mol. The fourth-order valence-electron chi connectivity index (χ4n) is 3.99. The van der Waals surface area contributed by atoms with E-state index >= 15 is 0 Å². The van der Waals surface area contributed by atoms with Gasteiger partial charge in [-0.2, -0.15) is 0 Å². The quantitative estimate of drug-likeness (QED) is 0.378. The lowest BCUT2D eigenvalue weighted by Gasteiger charge is -2.18. The van der Waals surface area contributed by atoms with Gasteiger partial charge in [-0.1, -0.05) is 48.5 Å². The van der Waals surface area contributed by atoms with Crippen molar-refractivity contribution >= 4 is 6.09 Å². The number of benzene rings is 2. The summed E-state index contributed by atoms with van der Waals surface area (Å²) in [5.74, 6) is -0.0662. The Morgan fingerprint density at radius 2 is 1.62 bits per heavy atom. The Bertz CT molecular complexity index is 1190. The third-order valence-corrected chi connectivity index (χ3v) is 5.58. The van der Waals surface area contributed by atoms with E-state index in [0.717, 1.165) is 28.3 Å². The Balaban J connectivity index is 1.30. The first kappa shape index (κ1) is 21.5. The number of amides is 1. The summed E-state index contributed by atoms with van der Waals surface area (Å²) in [6, 6.07) is 16.9. The molecule has 1 amide bonds. The van der Waals surface area contributed by atoms with Crippen molar-refractivity contribution in [2.75, 3.05) is 13.2 Å². The number of fused-ring (bicyclic) bond motifs is 3. The highest BCUT2D eigenvalue weighted by Crippen LogP contribution is 2.44. The average molecular weight is 437 g/mol. The molecule has 166 valence electrons. The Hall–Kier alpha value is -3.69. The van der Waals surface area contributed by atoms with Gasteiger partial charge in [-0.3, -0.25) is 19.8 Å². The largest absolute Gasteiger partial charge is 0.449 e. The first-order valence-electron chi connectivity index (χ1n) is 10.2. The van der Waals surface area contributed by atoms with Crippen LogP contribution >= 0.6 is 0 Å². The molecule has 1 aliphatic rings. The molecule has 9 heteroatoms. The Morgan fingerprint density at radius 3 is 2.28 bits per heavy atom. The van der Waals surface area contributed by atoms with Crippen LogP contribution in [-0.4, -0.2) is 45.8 Å². The zero-order chi connectivity index (χ0) is 22.7. The standard InChI is InChI=1S/C23H23N3O6/c27-19(21(29)17-11-20(28)25-26-22(17)30)9-10-24-23(31)32-12-18-15-7-3-1-5-13(15)14-6-2-4-8-16(14)18/h1-8,11,18-19,21,27,29H,9-10,12H2,(H,24,31)(H,25,28)(H,26,30). The van der Waals surface area contributed by atoms with Gasteiger partial charge in [0.1, 0.15) is 12.7 Å². The lowest BCUT2D eigenvalue weighted by Crippen LogP contribution is -2.33. The minimum Gasteiger partial charge on any atom is -0.449 e. The number of carbonyl (C=O) groups excluding carboxylic acids is 1.